The Morgan fingerprint density at radius 1 is 1.35 bits per heavy atom. The van der Waals surface area contributed by atoms with E-state index in [4.69, 9.17) is 9.47 Å². The third-order valence-corrected chi connectivity index (χ3v) is 3.38. The molecule has 0 radical (unpaired) electrons. The molecule has 1 aliphatic rings. The van der Waals surface area contributed by atoms with Gasteiger partial charge in [-0.1, -0.05) is 0 Å². The molecule has 0 aromatic heterocycles. The fourth-order valence-corrected chi connectivity index (χ4v) is 2.73. The molecule has 0 aliphatic carbocycles. The number of carbonyl (C=O) groups excluding carboxylic acids is 1. The van der Waals surface area contributed by atoms with Gasteiger partial charge in [0.05, 0.1) is 11.2 Å². The summed E-state index contributed by atoms with van der Waals surface area (Å²) in [6.45, 7) is 11.5. The summed E-state index contributed by atoms with van der Waals surface area (Å²) in [6.07, 6.45) is 2.25. The van der Waals surface area contributed by atoms with Crippen molar-refractivity contribution >= 4 is 5.78 Å². The Hall–Kier alpha value is -0.410. The van der Waals surface area contributed by atoms with Crippen molar-refractivity contribution in [2.75, 3.05) is 13.2 Å². The van der Waals surface area contributed by atoms with Crippen LogP contribution in [0.5, 0.6) is 0 Å². The minimum atomic E-state index is -0.327. The highest BCUT2D eigenvalue weighted by molar-refractivity contribution is 5.82. The second-order valence-electron chi connectivity index (χ2n) is 5.99. The first kappa shape index (κ1) is 14.7. The Morgan fingerprint density at radius 2 is 2.00 bits per heavy atom. The van der Waals surface area contributed by atoms with E-state index >= 15 is 0 Å². The van der Waals surface area contributed by atoms with Crippen LogP contribution in [0, 0.1) is 5.92 Å². The average Bonchev–Trinajstić information content (AvgIpc) is 2.41. The minimum absolute atomic E-state index is 0.0270. The molecule has 1 aliphatic heterocycles. The first-order chi connectivity index (χ1) is 7.78. The van der Waals surface area contributed by atoms with Gasteiger partial charge in [-0.2, -0.15) is 0 Å². The molecule has 3 heteroatoms. The molecule has 1 saturated heterocycles. The molecule has 0 saturated carbocycles. The number of hydrogen-bond acceptors (Lipinski definition) is 3. The number of carbonyl (C=O) groups is 1. The Labute approximate surface area is 105 Å². The maximum absolute atomic E-state index is 12.2. The average molecular weight is 242 g/mol. The van der Waals surface area contributed by atoms with Gasteiger partial charge >= 0.3 is 0 Å². The van der Waals surface area contributed by atoms with Crippen molar-refractivity contribution in [3.05, 3.63) is 0 Å². The minimum Gasteiger partial charge on any atom is -0.382 e. The van der Waals surface area contributed by atoms with Crippen LogP contribution < -0.4 is 0 Å². The largest absolute Gasteiger partial charge is 0.382 e. The second kappa shape index (κ2) is 5.49. The molecule has 1 fully saturated rings. The van der Waals surface area contributed by atoms with Gasteiger partial charge in [-0.25, -0.2) is 0 Å². The first-order valence-corrected chi connectivity index (χ1v) is 6.59. The zero-order valence-electron chi connectivity index (χ0n) is 11.8. The highest BCUT2D eigenvalue weighted by Gasteiger charge is 2.48. The molecule has 3 nitrogen and oxygen atoms in total. The summed E-state index contributed by atoms with van der Waals surface area (Å²) < 4.78 is 11.2. The predicted molar refractivity (Wildman–Crippen MR) is 68.1 cm³/mol. The van der Waals surface area contributed by atoms with Crippen LogP contribution in [0.2, 0.25) is 0 Å². The van der Waals surface area contributed by atoms with E-state index in [2.05, 4.69) is 13.8 Å². The number of ether oxygens (including phenoxy) is 2. The van der Waals surface area contributed by atoms with Gasteiger partial charge in [0.15, 0.2) is 0 Å². The number of ketones is 1. The van der Waals surface area contributed by atoms with Crippen LogP contribution in [-0.2, 0) is 14.3 Å². The predicted octanol–water partition coefficient (Wildman–Crippen LogP) is 2.97. The van der Waals surface area contributed by atoms with Crippen LogP contribution in [0.4, 0.5) is 0 Å². The monoisotopic (exact) mass is 242 g/mol. The molecule has 1 unspecified atom stereocenters. The summed E-state index contributed by atoms with van der Waals surface area (Å²) >= 11 is 0. The molecule has 0 aromatic carbocycles. The highest BCUT2D eigenvalue weighted by Crippen LogP contribution is 2.42. The van der Waals surface area contributed by atoms with Crippen LogP contribution in [0.25, 0.3) is 0 Å². The molecule has 100 valence electrons. The lowest BCUT2D eigenvalue weighted by atomic mass is 9.82. The molecular weight excluding hydrogens is 216 g/mol. The van der Waals surface area contributed by atoms with Crippen molar-refractivity contribution in [2.45, 2.75) is 65.1 Å². The number of Topliss-reactive ketones (excluding diaryl/α,β-unsaturated/α-hetero) is 1. The highest BCUT2D eigenvalue weighted by atomic mass is 16.5. The zero-order chi connectivity index (χ0) is 13.1. The Kier molecular flexibility index (Phi) is 4.73. The molecule has 17 heavy (non-hydrogen) atoms. The van der Waals surface area contributed by atoms with E-state index in [1.807, 2.05) is 20.8 Å². The summed E-state index contributed by atoms with van der Waals surface area (Å²) in [7, 11) is 0. The second-order valence-corrected chi connectivity index (χ2v) is 5.99. The normalized spacial score (nSPS) is 26.1. The number of rotatable bonds is 6. The molecule has 0 bridgehead atoms. The summed E-state index contributed by atoms with van der Waals surface area (Å²) in [5.74, 6) is 0.347. The van der Waals surface area contributed by atoms with E-state index in [1.165, 1.54) is 0 Å². The smallest absolute Gasteiger partial charge is 0.139 e. The van der Waals surface area contributed by atoms with Gasteiger partial charge in [-0.3, -0.25) is 4.79 Å². The molecule has 0 aromatic rings. The quantitative estimate of drug-likeness (QED) is 0.672. The maximum atomic E-state index is 12.2. The molecule has 1 heterocycles. The number of hydrogen-bond donors (Lipinski definition) is 0. The van der Waals surface area contributed by atoms with Gasteiger partial charge in [0.25, 0.3) is 0 Å². The Morgan fingerprint density at radius 3 is 2.47 bits per heavy atom. The van der Waals surface area contributed by atoms with Gasteiger partial charge in [0.1, 0.15) is 5.78 Å². The summed E-state index contributed by atoms with van der Waals surface area (Å²) in [5, 5.41) is 0. The van der Waals surface area contributed by atoms with Gasteiger partial charge in [-0.15, -0.1) is 0 Å². The Balaban J connectivity index is 2.46. The van der Waals surface area contributed by atoms with Crippen LogP contribution in [-0.4, -0.2) is 30.2 Å². The van der Waals surface area contributed by atoms with Gasteiger partial charge in [-0.05, 0) is 47.5 Å². The van der Waals surface area contributed by atoms with Crippen LogP contribution in [0.3, 0.4) is 0 Å². The fraction of sp³-hybridized carbons (Fsp3) is 0.929. The molecule has 1 atom stereocenters. The summed E-state index contributed by atoms with van der Waals surface area (Å²) in [5.41, 5.74) is -0.504. The van der Waals surface area contributed by atoms with E-state index < -0.39 is 0 Å². The van der Waals surface area contributed by atoms with E-state index in [0.29, 0.717) is 18.8 Å². The van der Waals surface area contributed by atoms with E-state index in [-0.39, 0.29) is 17.1 Å². The van der Waals surface area contributed by atoms with E-state index in [0.717, 1.165) is 19.4 Å². The SMILES string of the molecule is CCOCCCC(=O)C1CC(C)(C)OC1(C)C. The summed E-state index contributed by atoms with van der Waals surface area (Å²) in [4.78, 5) is 12.2. The van der Waals surface area contributed by atoms with E-state index in [1.54, 1.807) is 0 Å². The maximum Gasteiger partial charge on any atom is 0.139 e. The zero-order valence-corrected chi connectivity index (χ0v) is 11.8. The fourth-order valence-electron chi connectivity index (χ4n) is 2.73. The third kappa shape index (κ3) is 4.07. The van der Waals surface area contributed by atoms with Gasteiger partial charge < -0.3 is 9.47 Å². The van der Waals surface area contributed by atoms with Crippen molar-refractivity contribution in [1.82, 2.24) is 0 Å². The Bertz CT molecular complexity index is 269. The molecule has 0 amide bonds. The molecule has 1 rings (SSSR count). The van der Waals surface area contributed by atoms with Crippen molar-refractivity contribution in [2.24, 2.45) is 5.92 Å². The van der Waals surface area contributed by atoms with Crippen molar-refractivity contribution in [1.29, 1.82) is 0 Å². The van der Waals surface area contributed by atoms with Gasteiger partial charge in [0.2, 0.25) is 0 Å². The van der Waals surface area contributed by atoms with Crippen LogP contribution in [0.15, 0.2) is 0 Å². The lowest BCUT2D eigenvalue weighted by molar-refractivity contribution is -0.129. The lowest BCUT2D eigenvalue weighted by Gasteiger charge is -2.26. The molecule has 0 spiro atoms. The molecular formula is C14H26O3. The lowest BCUT2D eigenvalue weighted by Crippen LogP contribution is -2.33. The van der Waals surface area contributed by atoms with E-state index in [9.17, 15) is 4.79 Å². The van der Waals surface area contributed by atoms with Gasteiger partial charge in [0, 0.05) is 25.6 Å². The van der Waals surface area contributed by atoms with Crippen molar-refractivity contribution in [3.63, 3.8) is 0 Å². The summed E-state index contributed by atoms with van der Waals surface area (Å²) in [6, 6.07) is 0. The van der Waals surface area contributed by atoms with Crippen molar-refractivity contribution < 1.29 is 14.3 Å². The first-order valence-electron chi connectivity index (χ1n) is 6.59. The topological polar surface area (TPSA) is 35.5 Å². The standard InChI is InChI=1S/C14H26O3/c1-6-16-9-7-8-12(15)11-10-13(2,3)17-14(11,4)5/h11H,6-10H2,1-5H3. The van der Waals surface area contributed by atoms with Crippen LogP contribution in [0.1, 0.15) is 53.9 Å². The van der Waals surface area contributed by atoms with Crippen LogP contribution >= 0.6 is 0 Å². The van der Waals surface area contributed by atoms with Crippen molar-refractivity contribution in [3.8, 4) is 0 Å². The third-order valence-electron chi connectivity index (χ3n) is 3.38. The molecule has 0 N–H and O–H groups in total.